The summed E-state index contributed by atoms with van der Waals surface area (Å²) in [7, 11) is 5.53. The van der Waals surface area contributed by atoms with Gasteiger partial charge in [-0.25, -0.2) is 4.98 Å². The van der Waals surface area contributed by atoms with Crippen LogP contribution in [0.1, 0.15) is 6.42 Å². The van der Waals surface area contributed by atoms with Crippen LogP contribution in [0.25, 0.3) is 0 Å². The van der Waals surface area contributed by atoms with Crippen LogP contribution in [-0.4, -0.2) is 66.4 Å². The molecule has 2 atom stereocenters. The Morgan fingerprint density at radius 2 is 2.32 bits per heavy atom. The normalized spacial score (nSPS) is 23.2. The average Bonchev–Trinajstić information content (AvgIpc) is 2.70. The molecule has 6 nitrogen and oxygen atoms in total. The number of aliphatic hydroxyl groups excluding tert-OH is 1. The Labute approximate surface area is 118 Å². The number of aromatic nitrogens is 2. The summed E-state index contributed by atoms with van der Waals surface area (Å²) < 4.78 is 5.03. The average molecular weight is 287 g/mol. The van der Waals surface area contributed by atoms with Gasteiger partial charge in [-0.1, -0.05) is 11.6 Å². The third-order valence-electron chi connectivity index (χ3n) is 3.13. The molecular weight excluding hydrogens is 268 g/mol. The van der Waals surface area contributed by atoms with Crippen LogP contribution < -0.4 is 9.64 Å². The highest BCUT2D eigenvalue weighted by molar-refractivity contribution is 6.32. The number of nitrogens with zero attached hydrogens (tertiary/aromatic N) is 4. The van der Waals surface area contributed by atoms with Gasteiger partial charge < -0.3 is 19.6 Å². The van der Waals surface area contributed by atoms with Gasteiger partial charge in [0.15, 0.2) is 5.82 Å². The highest BCUT2D eigenvalue weighted by Gasteiger charge is 2.33. The van der Waals surface area contributed by atoms with Crippen molar-refractivity contribution in [3.05, 3.63) is 11.2 Å². The molecule has 0 bridgehead atoms. The molecule has 0 aliphatic carbocycles. The first-order valence-electron chi connectivity index (χ1n) is 6.17. The summed E-state index contributed by atoms with van der Waals surface area (Å²) in [6.07, 6.45) is 1.88. The summed E-state index contributed by atoms with van der Waals surface area (Å²) in [4.78, 5) is 12.4. The predicted molar refractivity (Wildman–Crippen MR) is 73.9 cm³/mol. The Morgan fingerprint density at radius 1 is 1.58 bits per heavy atom. The largest absolute Gasteiger partial charge is 0.467 e. The Morgan fingerprint density at radius 3 is 2.95 bits per heavy atom. The van der Waals surface area contributed by atoms with Crippen LogP contribution in [0.5, 0.6) is 6.01 Å². The molecule has 19 heavy (non-hydrogen) atoms. The summed E-state index contributed by atoms with van der Waals surface area (Å²) in [6, 6.07) is 0.464. The minimum Gasteiger partial charge on any atom is -0.467 e. The molecule has 1 aliphatic rings. The van der Waals surface area contributed by atoms with Gasteiger partial charge in [0.2, 0.25) is 0 Å². The van der Waals surface area contributed by atoms with Crippen molar-refractivity contribution < 1.29 is 9.84 Å². The molecule has 1 aromatic heterocycles. The van der Waals surface area contributed by atoms with E-state index in [1.54, 1.807) is 0 Å². The molecule has 2 unspecified atom stereocenters. The second kappa shape index (κ2) is 5.90. The summed E-state index contributed by atoms with van der Waals surface area (Å²) in [6.45, 7) is 1.36. The molecular formula is C12H19ClN4O2. The van der Waals surface area contributed by atoms with Crippen molar-refractivity contribution in [1.82, 2.24) is 14.9 Å². The van der Waals surface area contributed by atoms with E-state index in [1.807, 2.05) is 19.0 Å². The lowest BCUT2D eigenvalue weighted by Gasteiger charge is -2.28. The molecule has 0 aromatic carbocycles. The standard InChI is InChI=1S/C12H19ClN4O2/c1-16(2)6-8-4-9(18)7-17(8)11-10(13)5-14-12(15-11)19-3/h5,8-9,18H,4,6-7H2,1-3H3. The highest BCUT2D eigenvalue weighted by Crippen LogP contribution is 2.31. The van der Waals surface area contributed by atoms with Crippen molar-refractivity contribution >= 4 is 17.4 Å². The molecule has 1 aromatic rings. The van der Waals surface area contributed by atoms with E-state index in [-0.39, 0.29) is 18.2 Å². The molecule has 1 aliphatic heterocycles. The zero-order chi connectivity index (χ0) is 14.0. The van der Waals surface area contributed by atoms with Crippen LogP contribution in [-0.2, 0) is 0 Å². The van der Waals surface area contributed by atoms with Gasteiger partial charge in [-0.05, 0) is 20.5 Å². The number of hydrogen-bond donors (Lipinski definition) is 1. The van der Waals surface area contributed by atoms with E-state index in [9.17, 15) is 5.11 Å². The van der Waals surface area contributed by atoms with E-state index >= 15 is 0 Å². The van der Waals surface area contributed by atoms with E-state index in [4.69, 9.17) is 16.3 Å². The zero-order valence-corrected chi connectivity index (χ0v) is 12.1. The number of rotatable bonds is 4. The fraction of sp³-hybridized carbons (Fsp3) is 0.667. The maximum absolute atomic E-state index is 9.88. The van der Waals surface area contributed by atoms with Gasteiger partial charge in [-0.3, -0.25) is 0 Å². The van der Waals surface area contributed by atoms with Crippen LogP contribution in [0.15, 0.2) is 6.20 Å². The lowest BCUT2D eigenvalue weighted by molar-refractivity contribution is 0.191. The lowest BCUT2D eigenvalue weighted by atomic mass is 10.2. The van der Waals surface area contributed by atoms with Crippen LogP contribution in [0.2, 0.25) is 5.02 Å². The number of methoxy groups -OCH3 is 1. The monoisotopic (exact) mass is 286 g/mol. The highest BCUT2D eigenvalue weighted by atomic mass is 35.5. The molecule has 1 saturated heterocycles. The van der Waals surface area contributed by atoms with E-state index in [0.29, 0.717) is 23.8 Å². The van der Waals surface area contributed by atoms with Gasteiger partial charge >= 0.3 is 6.01 Å². The fourth-order valence-corrected chi connectivity index (χ4v) is 2.59. The first kappa shape index (κ1) is 14.3. The number of halogens is 1. The van der Waals surface area contributed by atoms with Crippen molar-refractivity contribution in [2.75, 3.05) is 39.2 Å². The summed E-state index contributed by atoms with van der Waals surface area (Å²) >= 11 is 6.17. The molecule has 0 spiro atoms. The number of likely N-dealkylation sites (N-methyl/N-ethyl adjacent to an activating group) is 1. The summed E-state index contributed by atoms with van der Waals surface area (Å²) in [5, 5.41) is 10.4. The number of anilines is 1. The molecule has 1 N–H and O–H groups in total. The van der Waals surface area contributed by atoms with Crippen molar-refractivity contribution in [1.29, 1.82) is 0 Å². The van der Waals surface area contributed by atoms with Gasteiger partial charge in [-0.15, -0.1) is 0 Å². The van der Waals surface area contributed by atoms with Crippen molar-refractivity contribution in [3.63, 3.8) is 0 Å². The number of β-amino-alcohol motifs (C(OH)–C–C–N with tert-alkyl or cyclic N) is 1. The molecule has 2 rings (SSSR count). The predicted octanol–water partition coefficient (Wildman–Crippen LogP) is 0.640. The third-order valence-corrected chi connectivity index (χ3v) is 3.39. The van der Waals surface area contributed by atoms with Crippen molar-refractivity contribution in [3.8, 4) is 6.01 Å². The van der Waals surface area contributed by atoms with Gasteiger partial charge in [0, 0.05) is 19.1 Å². The van der Waals surface area contributed by atoms with Crippen molar-refractivity contribution in [2.45, 2.75) is 18.6 Å². The number of ether oxygens (including phenoxy) is 1. The number of hydrogen-bond acceptors (Lipinski definition) is 6. The quantitative estimate of drug-likeness (QED) is 0.876. The Balaban J connectivity index is 2.27. The van der Waals surface area contributed by atoms with Crippen LogP contribution in [0.4, 0.5) is 5.82 Å². The first-order chi connectivity index (χ1) is 9.01. The van der Waals surface area contributed by atoms with Gasteiger partial charge in [-0.2, -0.15) is 4.98 Å². The molecule has 0 saturated carbocycles. The molecule has 1 fully saturated rings. The van der Waals surface area contributed by atoms with Crippen LogP contribution in [0.3, 0.4) is 0 Å². The lowest BCUT2D eigenvalue weighted by Crippen LogP contribution is -2.38. The second-order valence-electron chi connectivity index (χ2n) is 4.99. The van der Waals surface area contributed by atoms with Crippen LogP contribution >= 0.6 is 11.6 Å². The van der Waals surface area contributed by atoms with E-state index in [1.165, 1.54) is 13.3 Å². The van der Waals surface area contributed by atoms with E-state index in [0.717, 1.165) is 6.54 Å². The molecule has 0 amide bonds. The Kier molecular flexibility index (Phi) is 4.44. The van der Waals surface area contributed by atoms with E-state index < -0.39 is 0 Å². The maximum atomic E-state index is 9.88. The smallest absolute Gasteiger partial charge is 0.318 e. The molecule has 7 heteroatoms. The van der Waals surface area contributed by atoms with Gasteiger partial charge in [0.25, 0.3) is 0 Å². The zero-order valence-electron chi connectivity index (χ0n) is 11.4. The maximum Gasteiger partial charge on any atom is 0.318 e. The Bertz CT molecular complexity index is 444. The summed E-state index contributed by atoms with van der Waals surface area (Å²) in [5.74, 6) is 0.622. The SMILES string of the molecule is COc1ncc(Cl)c(N2CC(O)CC2CN(C)C)n1. The van der Waals surface area contributed by atoms with E-state index in [2.05, 4.69) is 14.9 Å². The van der Waals surface area contributed by atoms with Gasteiger partial charge in [0.1, 0.15) is 5.02 Å². The third kappa shape index (κ3) is 3.26. The minimum atomic E-state index is -0.359. The number of aliphatic hydroxyl groups is 1. The van der Waals surface area contributed by atoms with Crippen LogP contribution in [0, 0.1) is 0 Å². The minimum absolute atomic E-state index is 0.183. The summed E-state index contributed by atoms with van der Waals surface area (Å²) in [5.41, 5.74) is 0. The van der Waals surface area contributed by atoms with Gasteiger partial charge in [0.05, 0.1) is 19.4 Å². The molecule has 0 radical (unpaired) electrons. The fourth-order valence-electron chi connectivity index (χ4n) is 2.39. The topological polar surface area (TPSA) is 61.7 Å². The second-order valence-corrected chi connectivity index (χ2v) is 5.39. The Hall–Kier alpha value is -1.11. The first-order valence-corrected chi connectivity index (χ1v) is 6.55. The molecule has 106 valence electrons. The van der Waals surface area contributed by atoms with Crippen molar-refractivity contribution in [2.24, 2.45) is 0 Å². The molecule has 2 heterocycles.